The summed E-state index contributed by atoms with van der Waals surface area (Å²) in [5, 5.41) is 4.86. The Morgan fingerprint density at radius 2 is 0.474 bits per heavy atom. The van der Waals surface area contributed by atoms with E-state index in [1.807, 2.05) is 0 Å². The molecule has 0 radical (unpaired) electrons. The van der Waals surface area contributed by atoms with Crippen molar-refractivity contribution in [3.05, 3.63) is 349 Å². The van der Waals surface area contributed by atoms with Gasteiger partial charge >= 0.3 is 0 Å². The molecule has 0 amide bonds. The average Bonchev–Trinajstić information content (AvgIpc) is 3.63. The minimum atomic E-state index is 1.17. The Labute approximate surface area is 457 Å². The van der Waals surface area contributed by atoms with Gasteiger partial charge in [0.05, 0.1) is 0 Å². The topological polar surface area (TPSA) is 0 Å². The van der Waals surface area contributed by atoms with Crippen molar-refractivity contribution in [2.24, 2.45) is 0 Å². The van der Waals surface area contributed by atoms with Crippen LogP contribution >= 0.6 is 0 Å². The molecule has 13 rings (SSSR count). The fourth-order valence-electron chi connectivity index (χ4n) is 11.4. The highest BCUT2D eigenvalue weighted by molar-refractivity contribution is 6.22. The average molecular weight is 991 g/mol. The quantitative estimate of drug-likeness (QED) is 0.0845. The lowest BCUT2D eigenvalue weighted by Crippen LogP contribution is -1.93. The normalized spacial score (nSPS) is 11.1. The molecule has 0 fully saturated rings. The first-order chi connectivity index (χ1) is 38.7. The molecule has 0 heteroatoms. The summed E-state index contributed by atoms with van der Waals surface area (Å²) in [5.74, 6) is 0. The Hall–Kier alpha value is -10.1. The fraction of sp³-hybridized carbons (Fsp3) is 0. The summed E-state index contributed by atoms with van der Waals surface area (Å²) in [6.07, 6.45) is 4.69. The van der Waals surface area contributed by atoms with Crippen LogP contribution < -0.4 is 0 Å². The lowest BCUT2D eigenvalue weighted by Gasteiger charge is -2.20. The number of hydrogen-bond acceptors (Lipinski definition) is 0. The molecule has 0 bridgehead atoms. The van der Waals surface area contributed by atoms with E-state index in [-0.39, 0.29) is 0 Å². The van der Waals surface area contributed by atoms with Gasteiger partial charge in [0.1, 0.15) is 0 Å². The van der Waals surface area contributed by atoms with Crippen LogP contribution in [0.15, 0.2) is 315 Å². The molecule has 13 aromatic rings. The summed E-state index contributed by atoms with van der Waals surface area (Å²) in [6, 6.07) is 115. The minimum Gasteiger partial charge on any atom is -0.0622 e. The van der Waals surface area contributed by atoms with E-state index in [0.29, 0.717) is 0 Å². The minimum absolute atomic E-state index is 1.17. The van der Waals surface area contributed by atoms with Crippen LogP contribution in [-0.2, 0) is 0 Å². The van der Waals surface area contributed by atoms with Gasteiger partial charge in [-0.25, -0.2) is 0 Å². The molecule has 0 aliphatic rings. The van der Waals surface area contributed by atoms with Gasteiger partial charge in [-0.3, -0.25) is 0 Å². The van der Waals surface area contributed by atoms with E-state index in [0.717, 1.165) is 0 Å². The Kier molecular flexibility index (Phi) is 13.2. The van der Waals surface area contributed by atoms with Crippen molar-refractivity contribution in [2.45, 2.75) is 0 Å². The van der Waals surface area contributed by atoms with Crippen LogP contribution in [0.5, 0.6) is 0 Å². The van der Waals surface area contributed by atoms with E-state index in [9.17, 15) is 0 Å². The molecule has 0 aromatic heterocycles. The van der Waals surface area contributed by atoms with E-state index < -0.39 is 0 Å². The second-order valence-corrected chi connectivity index (χ2v) is 19.9. The molecule has 366 valence electrons. The lowest BCUT2D eigenvalue weighted by atomic mass is 9.83. The molecule has 0 atom stereocenters. The third kappa shape index (κ3) is 9.49. The summed E-state index contributed by atoms with van der Waals surface area (Å²) in [7, 11) is 0. The smallest absolute Gasteiger partial charge is 0.00261 e. The van der Waals surface area contributed by atoms with Crippen LogP contribution in [0, 0.1) is 0 Å². The third-order valence-electron chi connectivity index (χ3n) is 15.2. The maximum absolute atomic E-state index is 2.44. The summed E-state index contributed by atoms with van der Waals surface area (Å²) < 4.78 is 0. The molecule has 0 saturated carbocycles. The van der Waals surface area contributed by atoms with Crippen LogP contribution in [0.1, 0.15) is 33.4 Å². The molecule has 0 saturated heterocycles. The van der Waals surface area contributed by atoms with E-state index in [1.165, 1.54) is 133 Å². The Morgan fingerprint density at radius 1 is 0.192 bits per heavy atom. The highest BCUT2D eigenvalue weighted by Gasteiger charge is 2.20. The first kappa shape index (κ1) is 47.6. The lowest BCUT2D eigenvalue weighted by molar-refractivity contribution is 1.54. The molecule has 0 aliphatic carbocycles. The predicted molar refractivity (Wildman–Crippen MR) is 334 cm³/mol. The molecule has 0 unspecified atom stereocenters. The summed E-state index contributed by atoms with van der Waals surface area (Å²) >= 11 is 0. The van der Waals surface area contributed by atoms with Gasteiger partial charge in [-0.2, -0.15) is 0 Å². The van der Waals surface area contributed by atoms with Crippen molar-refractivity contribution in [3.63, 3.8) is 0 Å². The standard InChI is InChI=1S/C78H54/c1-6-24-55(25-7-1)69-38-20-21-39-70(69)66-50-51-73-76(54-66)78(63-48-44-61(45-49-63)68-37-19-17-35-65(68)53-75(58-30-12-4-13-31-58)59-32-14-5-15-33-59)72-41-23-22-40-71(72)77(73)62-46-42-60(43-47-62)67-36-18-16-34-64(67)52-74(56-26-8-2-9-27-56)57-28-10-3-11-29-57/h1-54H. The Balaban J connectivity index is 0.957. The van der Waals surface area contributed by atoms with Crippen LogP contribution in [0.3, 0.4) is 0 Å². The van der Waals surface area contributed by atoms with Crippen molar-refractivity contribution in [2.75, 3.05) is 0 Å². The fourth-order valence-corrected chi connectivity index (χ4v) is 11.4. The van der Waals surface area contributed by atoms with Crippen molar-refractivity contribution < 1.29 is 0 Å². The zero-order chi connectivity index (χ0) is 52.0. The molecule has 13 aromatic carbocycles. The van der Waals surface area contributed by atoms with Gasteiger partial charge in [0.25, 0.3) is 0 Å². The van der Waals surface area contributed by atoms with E-state index in [4.69, 9.17) is 0 Å². The molecule has 0 spiro atoms. The van der Waals surface area contributed by atoms with E-state index in [2.05, 4.69) is 328 Å². The number of fused-ring (bicyclic) bond motifs is 2. The molecular weight excluding hydrogens is 937 g/mol. The third-order valence-corrected chi connectivity index (χ3v) is 15.2. The van der Waals surface area contributed by atoms with Gasteiger partial charge in [0.2, 0.25) is 0 Å². The van der Waals surface area contributed by atoms with Gasteiger partial charge < -0.3 is 0 Å². The predicted octanol–water partition coefficient (Wildman–Crippen LogP) is 21.2. The second kappa shape index (κ2) is 21.6. The van der Waals surface area contributed by atoms with Gasteiger partial charge in [0, 0.05) is 0 Å². The van der Waals surface area contributed by atoms with Crippen LogP contribution in [-0.4, -0.2) is 0 Å². The molecule has 0 aliphatic heterocycles. The van der Waals surface area contributed by atoms with E-state index >= 15 is 0 Å². The number of hydrogen-bond donors (Lipinski definition) is 0. The maximum Gasteiger partial charge on any atom is -0.00261 e. The molecule has 0 heterocycles. The zero-order valence-corrected chi connectivity index (χ0v) is 43.2. The van der Waals surface area contributed by atoms with Gasteiger partial charge in [0.15, 0.2) is 0 Å². The highest BCUT2D eigenvalue weighted by atomic mass is 14.2. The van der Waals surface area contributed by atoms with E-state index in [1.54, 1.807) is 0 Å². The van der Waals surface area contributed by atoms with Crippen molar-refractivity contribution in [1.29, 1.82) is 0 Å². The van der Waals surface area contributed by atoms with Crippen molar-refractivity contribution in [1.82, 2.24) is 0 Å². The van der Waals surface area contributed by atoms with Crippen molar-refractivity contribution in [3.8, 4) is 66.8 Å². The summed E-state index contributed by atoms with van der Waals surface area (Å²) in [4.78, 5) is 0. The van der Waals surface area contributed by atoms with Crippen molar-refractivity contribution >= 4 is 44.8 Å². The first-order valence-electron chi connectivity index (χ1n) is 26.9. The van der Waals surface area contributed by atoms with Crippen LogP contribution in [0.4, 0.5) is 0 Å². The maximum atomic E-state index is 2.44. The zero-order valence-electron chi connectivity index (χ0n) is 43.2. The molecule has 0 N–H and O–H groups in total. The molecule has 78 heavy (non-hydrogen) atoms. The van der Waals surface area contributed by atoms with Crippen LogP contribution in [0.25, 0.3) is 112 Å². The van der Waals surface area contributed by atoms with Gasteiger partial charge in [-0.05, 0) is 151 Å². The molecular formula is C78H54. The molecule has 0 nitrogen and oxygen atoms in total. The first-order valence-corrected chi connectivity index (χ1v) is 26.9. The summed E-state index contributed by atoms with van der Waals surface area (Å²) in [5.41, 5.74) is 23.8. The summed E-state index contributed by atoms with van der Waals surface area (Å²) in [6.45, 7) is 0. The van der Waals surface area contributed by atoms with Crippen LogP contribution in [0.2, 0.25) is 0 Å². The Bertz CT molecular complexity index is 4200. The number of rotatable bonds is 12. The largest absolute Gasteiger partial charge is 0.0622 e. The monoisotopic (exact) mass is 990 g/mol. The second-order valence-electron chi connectivity index (χ2n) is 19.9. The SMILES string of the molecule is C(=C(c1ccccc1)c1ccccc1)c1ccccc1-c1ccc(-c2c3ccccc3c(-c3ccc(-c4ccccc4C=C(c4ccccc4)c4ccccc4)cc3)c3cc(-c4ccccc4-c4ccccc4)ccc23)cc1. The highest BCUT2D eigenvalue weighted by Crippen LogP contribution is 2.47. The Morgan fingerprint density at radius 3 is 0.897 bits per heavy atom. The number of benzene rings is 13. The van der Waals surface area contributed by atoms with Gasteiger partial charge in [-0.15, -0.1) is 0 Å². The van der Waals surface area contributed by atoms with Gasteiger partial charge in [-0.1, -0.05) is 309 Å².